The fraction of sp³-hybridized carbons (Fsp3) is 0.0545. The Hall–Kier alpha value is -7.56. The van der Waals surface area contributed by atoms with Gasteiger partial charge in [-0.1, -0.05) is 110 Å². The van der Waals surface area contributed by atoms with Crippen molar-refractivity contribution in [2.45, 2.75) is 19.8 Å². The number of nitrogens with zero attached hydrogens (tertiary/aromatic N) is 3. The van der Waals surface area contributed by atoms with Crippen molar-refractivity contribution in [3.63, 3.8) is 0 Å². The maximum atomic E-state index is 4.34. The number of benzene rings is 7. The lowest BCUT2D eigenvalue weighted by molar-refractivity contribution is 0.967. The quantitative estimate of drug-likeness (QED) is 0.140. The highest BCUT2D eigenvalue weighted by atomic mass is 15.1. The van der Waals surface area contributed by atoms with Crippen LogP contribution in [0.15, 0.2) is 207 Å². The minimum absolute atomic E-state index is 0.950. The smallest absolute Gasteiger partial charge is 0.0541 e. The maximum absolute atomic E-state index is 4.34. The number of hydrogen-bond acceptors (Lipinski definition) is 2. The van der Waals surface area contributed by atoms with Gasteiger partial charge in [0.05, 0.1) is 16.6 Å². The molecule has 7 aromatic carbocycles. The lowest BCUT2D eigenvalue weighted by atomic mass is 10.0. The second-order valence-corrected chi connectivity index (χ2v) is 15.0. The molecule has 1 aliphatic carbocycles. The summed E-state index contributed by atoms with van der Waals surface area (Å²) in [4.78, 5) is 2.34. The molecule has 4 nitrogen and oxygen atoms in total. The number of rotatable bonds is 10. The molecule has 10 rings (SSSR count). The first kappa shape index (κ1) is 35.8. The minimum Gasteiger partial charge on any atom is -0.355 e. The van der Waals surface area contributed by atoms with Gasteiger partial charge in [0, 0.05) is 67.2 Å². The summed E-state index contributed by atoms with van der Waals surface area (Å²) in [5.74, 6) is 0. The Bertz CT molecular complexity index is 3030. The molecule has 0 fully saturated rings. The van der Waals surface area contributed by atoms with E-state index in [1.807, 2.05) is 31.2 Å². The van der Waals surface area contributed by atoms with E-state index in [0.717, 1.165) is 63.8 Å². The predicted molar refractivity (Wildman–Crippen MR) is 252 cm³/mol. The Morgan fingerprint density at radius 2 is 1.10 bits per heavy atom. The molecule has 0 saturated heterocycles. The summed E-state index contributed by atoms with van der Waals surface area (Å²) in [6, 6.07) is 61.1. The molecular formula is C55H44N4. The molecule has 0 aliphatic heterocycles. The normalized spacial score (nSPS) is 12.6. The summed E-state index contributed by atoms with van der Waals surface area (Å²) < 4.78 is 4.78. The molecular weight excluding hydrogens is 717 g/mol. The Morgan fingerprint density at radius 3 is 1.73 bits per heavy atom. The van der Waals surface area contributed by atoms with Gasteiger partial charge >= 0.3 is 0 Å². The number of fused-ring (bicyclic) bond motifs is 6. The third kappa shape index (κ3) is 6.55. The van der Waals surface area contributed by atoms with Gasteiger partial charge in [-0.3, -0.25) is 0 Å². The van der Waals surface area contributed by atoms with Crippen molar-refractivity contribution in [1.29, 1.82) is 0 Å². The van der Waals surface area contributed by atoms with E-state index in [0.29, 0.717) is 0 Å². The summed E-state index contributed by atoms with van der Waals surface area (Å²) in [7, 11) is 0. The van der Waals surface area contributed by atoms with E-state index in [-0.39, 0.29) is 0 Å². The summed E-state index contributed by atoms with van der Waals surface area (Å²) in [5.41, 5.74) is 15.9. The van der Waals surface area contributed by atoms with Gasteiger partial charge in [0.25, 0.3) is 0 Å². The van der Waals surface area contributed by atoms with Crippen LogP contribution in [-0.2, 0) is 6.42 Å². The number of aromatic nitrogens is 2. The Labute approximate surface area is 345 Å². The molecule has 0 amide bonds. The minimum atomic E-state index is 0.950. The van der Waals surface area contributed by atoms with Crippen LogP contribution >= 0.6 is 0 Å². The number of nitrogens with one attached hydrogen (secondary N) is 1. The molecule has 9 aromatic rings. The second-order valence-electron chi connectivity index (χ2n) is 15.0. The summed E-state index contributed by atoms with van der Waals surface area (Å²) in [5, 5.41) is 7.51. The van der Waals surface area contributed by atoms with E-state index in [2.05, 4.69) is 208 Å². The number of anilines is 5. The summed E-state index contributed by atoms with van der Waals surface area (Å²) >= 11 is 0. The first-order valence-corrected chi connectivity index (χ1v) is 20.4. The van der Waals surface area contributed by atoms with Crippen molar-refractivity contribution >= 4 is 72.8 Å². The van der Waals surface area contributed by atoms with E-state index in [9.17, 15) is 0 Å². The lowest BCUT2D eigenvalue weighted by Crippen LogP contribution is -2.10. The molecule has 284 valence electrons. The van der Waals surface area contributed by atoms with Crippen LogP contribution in [0, 0.1) is 0 Å². The van der Waals surface area contributed by atoms with Crippen LogP contribution in [0.1, 0.15) is 30.2 Å². The van der Waals surface area contributed by atoms with Gasteiger partial charge in [-0.2, -0.15) is 0 Å². The number of para-hydroxylation sites is 4. The highest BCUT2D eigenvalue weighted by Gasteiger charge is 2.20. The predicted octanol–water partition coefficient (Wildman–Crippen LogP) is 15.0. The number of aryl methyl sites for hydroxylation is 1. The average molecular weight is 761 g/mol. The molecule has 1 aliphatic rings. The van der Waals surface area contributed by atoms with E-state index in [1.165, 1.54) is 44.0 Å². The molecule has 4 heteroatoms. The fourth-order valence-corrected chi connectivity index (χ4v) is 8.71. The van der Waals surface area contributed by atoms with Gasteiger partial charge in [-0.15, -0.1) is 0 Å². The topological polar surface area (TPSA) is 25.1 Å². The molecule has 0 spiro atoms. The lowest BCUT2D eigenvalue weighted by Gasteiger charge is -2.26. The van der Waals surface area contributed by atoms with Crippen LogP contribution in [0.5, 0.6) is 0 Å². The highest BCUT2D eigenvalue weighted by Crippen LogP contribution is 2.40. The number of hydrogen-bond donors (Lipinski definition) is 1. The molecule has 2 heterocycles. The highest BCUT2D eigenvalue weighted by molar-refractivity contribution is 6.09. The monoisotopic (exact) mass is 760 g/mol. The molecule has 0 atom stereocenters. The van der Waals surface area contributed by atoms with Crippen LogP contribution in [0.3, 0.4) is 0 Å². The standard InChI is InChI=1S/C55H44N4/c1-3-4-5-16-39(2)46-17-6-11-22-51(46)56-40-27-29-41(30-28-40)57(42-31-35-44(36-32-42)58-52-23-12-7-18-47(52)48-19-8-13-24-53(48)58)43-33-37-45(38-34-43)59-54-25-14-9-20-49(54)50-21-10-15-26-55(50)59/h3-9,11-20,22-38,56H,2,10,21H2,1H3/b4-3-,16-5-. The zero-order valence-electron chi connectivity index (χ0n) is 33.1. The summed E-state index contributed by atoms with van der Waals surface area (Å²) in [6.07, 6.45) is 14.8. The van der Waals surface area contributed by atoms with Crippen molar-refractivity contribution in [2.75, 3.05) is 10.2 Å². The van der Waals surface area contributed by atoms with E-state index < -0.39 is 0 Å². The van der Waals surface area contributed by atoms with Gasteiger partial charge in [0.15, 0.2) is 0 Å². The maximum Gasteiger partial charge on any atom is 0.0541 e. The van der Waals surface area contributed by atoms with E-state index in [1.54, 1.807) is 0 Å². The Balaban J connectivity index is 1.04. The molecule has 1 N–H and O–H groups in total. The third-order valence-corrected chi connectivity index (χ3v) is 11.4. The van der Waals surface area contributed by atoms with E-state index in [4.69, 9.17) is 0 Å². The van der Waals surface area contributed by atoms with Gasteiger partial charge < -0.3 is 19.4 Å². The van der Waals surface area contributed by atoms with Crippen LogP contribution in [-0.4, -0.2) is 9.13 Å². The first-order valence-electron chi connectivity index (χ1n) is 20.4. The average Bonchev–Trinajstić information content (AvgIpc) is 3.81. The van der Waals surface area contributed by atoms with Crippen molar-refractivity contribution in [3.8, 4) is 11.4 Å². The van der Waals surface area contributed by atoms with Crippen molar-refractivity contribution in [1.82, 2.24) is 9.13 Å². The number of allylic oxidation sites excluding steroid dienone is 6. The zero-order valence-corrected chi connectivity index (χ0v) is 33.1. The van der Waals surface area contributed by atoms with Crippen molar-refractivity contribution in [3.05, 3.63) is 224 Å². The third-order valence-electron chi connectivity index (χ3n) is 11.4. The Kier molecular flexibility index (Phi) is 9.36. The molecule has 0 radical (unpaired) electrons. The van der Waals surface area contributed by atoms with Crippen molar-refractivity contribution in [2.24, 2.45) is 0 Å². The molecule has 0 bridgehead atoms. The fourth-order valence-electron chi connectivity index (χ4n) is 8.71. The molecule has 2 aromatic heterocycles. The van der Waals surface area contributed by atoms with Gasteiger partial charge in [-0.05, 0) is 134 Å². The second kappa shape index (κ2) is 15.4. The van der Waals surface area contributed by atoms with Crippen LogP contribution < -0.4 is 10.2 Å². The van der Waals surface area contributed by atoms with Crippen LogP contribution in [0.4, 0.5) is 28.4 Å². The van der Waals surface area contributed by atoms with Crippen LogP contribution in [0.2, 0.25) is 0 Å². The van der Waals surface area contributed by atoms with Crippen LogP contribution in [0.25, 0.3) is 55.7 Å². The largest absolute Gasteiger partial charge is 0.355 e. The molecule has 0 unspecified atom stereocenters. The van der Waals surface area contributed by atoms with Gasteiger partial charge in [0.2, 0.25) is 0 Å². The molecule has 0 saturated carbocycles. The van der Waals surface area contributed by atoms with Gasteiger partial charge in [0.1, 0.15) is 0 Å². The van der Waals surface area contributed by atoms with E-state index >= 15 is 0 Å². The summed E-state index contributed by atoms with van der Waals surface area (Å²) in [6.45, 7) is 6.35. The Morgan fingerprint density at radius 1 is 0.576 bits per heavy atom. The SMILES string of the molecule is C=C(/C=C\C=C/C)c1ccccc1Nc1ccc(N(c2ccc(-n3c4c(c5ccccc53)CCC=C4)cc2)c2ccc(-n3c4ccccc4c4ccccc43)cc2)cc1. The molecule has 59 heavy (non-hydrogen) atoms. The van der Waals surface area contributed by atoms with Crippen molar-refractivity contribution < 1.29 is 0 Å². The first-order chi connectivity index (χ1) is 29.2. The van der Waals surface area contributed by atoms with Gasteiger partial charge in [-0.25, -0.2) is 0 Å². The zero-order chi connectivity index (χ0) is 39.7.